The third-order valence-corrected chi connectivity index (χ3v) is 4.52. The molecule has 2 amide bonds. The topological polar surface area (TPSA) is 76.7 Å². The monoisotopic (exact) mass is 360 g/mol. The molecular formula is C20H28N2O4. The first-order chi connectivity index (χ1) is 12.1. The largest absolute Gasteiger partial charge is 0.494 e. The van der Waals surface area contributed by atoms with E-state index in [9.17, 15) is 9.59 Å². The Hall–Kier alpha value is -2.50. The summed E-state index contributed by atoms with van der Waals surface area (Å²) < 4.78 is 11.4. The minimum Gasteiger partial charge on any atom is -0.494 e. The normalized spacial score (nSPS) is 18.7. The third-order valence-electron chi connectivity index (χ3n) is 4.52. The molecule has 1 aliphatic rings. The third kappa shape index (κ3) is 4.36. The lowest BCUT2D eigenvalue weighted by Crippen LogP contribution is -2.46. The molecule has 0 aliphatic carbocycles. The Morgan fingerprint density at radius 2 is 1.92 bits per heavy atom. The summed E-state index contributed by atoms with van der Waals surface area (Å²) in [5.41, 5.74) is 1.40. The van der Waals surface area contributed by atoms with Crippen molar-refractivity contribution < 1.29 is 19.1 Å². The number of carbonyl (C=O) groups excluding carboxylic acids is 2. The summed E-state index contributed by atoms with van der Waals surface area (Å²) in [5, 5.41) is 5.48. The van der Waals surface area contributed by atoms with Crippen LogP contribution >= 0.6 is 0 Å². The van der Waals surface area contributed by atoms with E-state index in [1.807, 2.05) is 58.9 Å². The Balaban J connectivity index is 2.42. The van der Waals surface area contributed by atoms with Gasteiger partial charge in [0, 0.05) is 11.3 Å². The molecule has 1 heterocycles. The van der Waals surface area contributed by atoms with E-state index in [2.05, 4.69) is 10.6 Å². The van der Waals surface area contributed by atoms with Crippen molar-refractivity contribution >= 4 is 12.0 Å². The van der Waals surface area contributed by atoms with Crippen LogP contribution in [0, 0.1) is 5.41 Å². The Kier molecular flexibility index (Phi) is 5.95. The molecule has 0 saturated heterocycles. The highest BCUT2D eigenvalue weighted by molar-refractivity contribution is 5.95. The van der Waals surface area contributed by atoms with Crippen molar-refractivity contribution in [2.24, 2.45) is 5.41 Å². The first kappa shape index (κ1) is 19.8. The lowest BCUT2D eigenvalue weighted by atomic mass is 9.90. The minimum atomic E-state index is -0.633. The van der Waals surface area contributed by atoms with Crippen molar-refractivity contribution in [1.82, 2.24) is 10.6 Å². The van der Waals surface area contributed by atoms with Crippen LogP contribution in [0.25, 0.3) is 0 Å². The number of rotatable bonds is 5. The zero-order valence-electron chi connectivity index (χ0n) is 16.3. The van der Waals surface area contributed by atoms with Crippen LogP contribution in [0.5, 0.6) is 5.75 Å². The van der Waals surface area contributed by atoms with Gasteiger partial charge in [0.05, 0.1) is 18.2 Å². The zero-order chi connectivity index (χ0) is 19.5. The molecular weight excluding hydrogens is 332 g/mol. The number of hydrogen-bond donors (Lipinski definition) is 2. The van der Waals surface area contributed by atoms with E-state index in [0.29, 0.717) is 23.6 Å². The maximum Gasteiger partial charge on any atom is 0.338 e. The number of carbonyl (C=O) groups is 2. The highest BCUT2D eigenvalue weighted by atomic mass is 16.5. The summed E-state index contributed by atoms with van der Waals surface area (Å²) in [5.74, 6) is 0.179. The number of para-hydroxylation sites is 1. The number of allylic oxidation sites excluding steroid dienone is 1. The van der Waals surface area contributed by atoms with Gasteiger partial charge in [0.15, 0.2) is 0 Å². The summed E-state index contributed by atoms with van der Waals surface area (Å²) in [7, 11) is 0. The second-order valence-electron chi connectivity index (χ2n) is 7.45. The Morgan fingerprint density at radius 3 is 2.54 bits per heavy atom. The number of amides is 2. The van der Waals surface area contributed by atoms with E-state index in [1.165, 1.54) is 0 Å². The molecule has 0 aromatic heterocycles. The number of nitrogens with one attached hydrogen (secondary N) is 2. The van der Waals surface area contributed by atoms with Gasteiger partial charge < -0.3 is 20.1 Å². The van der Waals surface area contributed by atoms with Crippen molar-refractivity contribution in [1.29, 1.82) is 0 Å². The van der Waals surface area contributed by atoms with E-state index < -0.39 is 12.0 Å². The standard InChI is InChI=1S/C20H28N2O4/c1-7-25-15-11-9-8-10-14(15)17-16(12(2)21-19(24)22-17)18(23)26-13(3)20(4,5)6/h8-11,13,17H,7H2,1-6H3,(H2,21,22,24)/t13-,17+/m1/s1. The van der Waals surface area contributed by atoms with Gasteiger partial charge in [0.1, 0.15) is 11.9 Å². The average Bonchev–Trinajstić information content (AvgIpc) is 2.53. The number of ether oxygens (including phenoxy) is 2. The quantitative estimate of drug-likeness (QED) is 0.785. The lowest BCUT2D eigenvalue weighted by molar-refractivity contribution is -0.149. The van der Waals surface area contributed by atoms with Gasteiger partial charge in [0.2, 0.25) is 0 Å². The fraction of sp³-hybridized carbons (Fsp3) is 0.500. The molecule has 0 fully saturated rings. The van der Waals surface area contributed by atoms with Gasteiger partial charge in [-0.3, -0.25) is 0 Å². The molecule has 142 valence electrons. The van der Waals surface area contributed by atoms with Crippen LogP contribution < -0.4 is 15.4 Å². The van der Waals surface area contributed by atoms with Gasteiger partial charge in [-0.15, -0.1) is 0 Å². The molecule has 2 rings (SSSR count). The molecule has 0 spiro atoms. The van der Waals surface area contributed by atoms with Crippen LogP contribution in [-0.4, -0.2) is 24.7 Å². The smallest absolute Gasteiger partial charge is 0.338 e. The van der Waals surface area contributed by atoms with Gasteiger partial charge in [-0.2, -0.15) is 0 Å². The van der Waals surface area contributed by atoms with Crippen molar-refractivity contribution in [2.45, 2.75) is 53.7 Å². The maximum absolute atomic E-state index is 12.9. The Bertz CT molecular complexity index is 719. The molecule has 0 saturated carbocycles. The van der Waals surface area contributed by atoms with Crippen LogP contribution in [0.3, 0.4) is 0 Å². The molecule has 1 aromatic carbocycles. The molecule has 1 aromatic rings. The predicted octanol–water partition coefficient (Wildman–Crippen LogP) is 3.69. The van der Waals surface area contributed by atoms with Crippen molar-refractivity contribution in [3.8, 4) is 5.75 Å². The highest BCUT2D eigenvalue weighted by Crippen LogP contribution is 2.34. The average molecular weight is 360 g/mol. The maximum atomic E-state index is 12.9. The van der Waals surface area contributed by atoms with Gasteiger partial charge in [-0.25, -0.2) is 9.59 Å². The molecule has 0 bridgehead atoms. The fourth-order valence-corrected chi connectivity index (χ4v) is 2.60. The summed E-state index contributed by atoms with van der Waals surface area (Å²) in [6.45, 7) is 12.0. The molecule has 2 N–H and O–H groups in total. The fourth-order valence-electron chi connectivity index (χ4n) is 2.60. The minimum absolute atomic E-state index is 0.186. The molecule has 2 atom stereocenters. The summed E-state index contributed by atoms with van der Waals surface area (Å²) >= 11 is 0. The molecule has 26 heavy (non-hydrogen) atoms. The van der Waals surface area contributed by atoms with Crippen LogP contribution in [0.2, 0.25) is 0 Å². The van der Waals surface area contributed by atoms with Crippen LogP contribution in [0.15, 0.2) is 35.5 Å². The number of hydrogen-bond acceptors (Lipinski definition) is 4. The molecule has 0 unspecified atom stereocenters. The summed E-state index contributed by atoms with van der Waals surface area (Å²) in [4.78, 5) is 24.9. The van der Waals surface area contributed by atoms with Crippen LogP contribution in [0.1, 0.15) is 53.1 Å². The lowest BCUT2D eigenvalue weighted by Gasteiger charge is -2.32. The molecule has 6 nitrogen and oxygen atoms in total. The first-order valence-electron chi connectivity index (χ1n) is 8.86. The summed E-state index contributed by atoms with van der Waals surface area (Å²) in [6.07, 6.45) is -0.282. The second-order valence-corrected chi connectivity index (χ2v) is 7.45. The number of urea groups is 1. The van der Waals surface area contributed by atoms with Gasteiger partial charge >= 0.3 is 12.0 Å². The van der Waals surface area contributed by atoms with E-state index in [1.54, 1.807) is 6.92 Å². The molecule has 6 heteroatoms. The van der Waals surface area contributed by atoms with Crippen LogP contribution in [-0.2, 0) is 9.53 Å². The number of benzene rings is 1. The SMILES string of the molecule is CCOc1ccccc1[C@@H]1NC(=O)NC(C)=C1C(=O)O[C@H](C)C(C)(C)C. The van der Waals surface area contributed by atoms with E-state index in [0.717, 1.165) is 5.56 Å². The summed E-state index contributed by atoms with van der Waals surface area (Å²) in [6, 6.07) is 6.37. The van der Waals surface area contributed by atoms with Crippen LogP contribution in [0.4, 0.5) is 4.79 Å². The zero-order valence-corrected chi connectivity index (χ0v) is 16.3. The van der Waals surface area contributed by atoms with Gasteiger partial charge in [0.25, 0.3) is 0 Å². The van der Waals surface area contributed by atoms with Crippen molar-refractivity contribution in [2.75, 3.05) is 6.61 Å². The van der Waals surface area contributed by atoms with E-state index >= 15 is 0 Å². The first-order valence-corrected chi connectivity index (χ1v) is 8.86. The van der Waals surface area contributed by atoms with Crippen molar-refractivity contribution in [3.63, 3.8) is 0 Å². The second kappa shape index (κ2) is 7.81. The van der Waals surface area contributed by atoms with Crippen molar-refractivity contribution in [3.05, 3.63) is 41.1 Å². The van der Waals surface area contributed by atoms with Gasteiger partial charge in [-0.05, 0) is 32.3 Å². The number of esters is 1. The molecule has 0 radical (unpaired) electrons. The Labute approximate surface area is 154 Å². The Morgan fingerprint density at radius 1 is 1.27 bits per heavy atom. The van der Waals surface area contributed by atoms with E-state index in [4.69, 9.17) is 9.47 Å². The van der Waals surface area contributed by atoms with Gasteiger partial charge in [-0.1, -0.05) is 39.0 Å². The highest BCUT2D eigenvalue weighted by Gasteiger charge is 2.35. The van der Waals surface area contributed by atoms with E-state index in [-0.39, 0.29) is 17.6 Å². The molecule has 1 aliphatic heterocycles. The predicted molar refractivity (Wildman–Crippen MR) is 99.7 cm³/mol.